The largest absolute Gasteiger partial charge is 0.496 e. The average Bonchev–Trinajstić information content (AvgIpc) is 3.48. The van der Waals surface area contributed by atoms with Crippen LogP contribution < -0.4 is 14.4 Å². The van der Waals surface area contributed by atoms with Crippen LogP contribution in [0.25, 0.3) is 11.4 Å². The molecule has 0 aliphatic heterocycles. The molecule has 30 heavy (non-hydrogen) atoms. The average molecular weight is 413 g/mol. The zero-order valence-corrected chi connectivity index (χ0v) is 19.1. The van der Waals surface area contributed by atoms with Crippen molar-refractivity contribution in [3.63, 3.8) is 0 Å². The Kier molecular flexibility index (Phi) is 6.31. The Morgan fingerprint density at radius 3 is 2.33 bits per heavy atom. The normalized spacial score (nSPS) is 14.5. The van der Waals surface area contributed by atoms with Crippen molar-refractivity contribution in [3.05, 3.63) is 29.0 Å². The zero-order chi connectivity index (χ0) is 22.1. The molecule has 7 heteroatoms. The van der Waals surface area contributed by atoms with Gasteiger partial charge in [0, 0.05) is 5.54 Å². The highest BCUT2D eigenvalue weighted by Gasteiger charge is 2.49. The van der Waals surface area contributed by atoms with E-state index in [1.807, 2.05) is 40.9 Å². The summed E-state index contributed by atoms with van der Waals surface area (Å²) in [5.41, 5.74) is 4.14. The SMILES string of the molecule is COc1cc(C)cc(C)c1-c1nc(C)c(N(C=O)C2(CCN(C)C)CC2)c(OC)n1. The third-order valence-electron chi connectivity index (χ3n) is 5.82. The smallest absolute Gasteiger partial charge is 0.241 e. The lowest BCUT2D eigenvalue weighted by Crippen LogP contribution is -2.39. The molecule has 3 rings (SSSR count). The number of ether oxygens (including phenoxy) is 2. The Bertz CT molecular complexity index is 939. The lowest BCUT2D eigenvalue weighted by Gasteiger charge is -2.31. The van der Waals surface area contributed by atoms with Crippen molar-refractivity contribution in [3.8, 4) is 23.0 Å². The van der Waals surface area contributed by atoms with Crippen molar-refractivity contribution < 1.29 is 14.3 Å². The van der Waals surface area contributed by atoms with Crippen molar-refractivity contribution in [1.82, 2.24) is 14.9 Å². The van der Waals surface area contributed by atoms with Crippen LogP contribution >= 0.6 is 0 Å². The van der Waals surface area contributed by atoms with E-state index in [0.29, 0.717) is 23.1 Å². The van der Waals surface area contributed by atoms with Crippen molar-refractivity contribution in [2.45, 2.75) is 45.6 Å². The monoisotopic (exact) mass is 412 g/mol. The fourth-order valence-corrected chi connectivity index (χ4v) is 4.04. The van der Waals surface area contributed by atoms with Crippen molar-refractivity contribution in [2.75, 3.05) is 39.8 Å². The molecule has 0 saturated heterocycles. The Hall–Kier alpha value is -2.67. The van der Waals surface area contributed by atoms with E-state index in [1.165, 1.54) is 0 Å². The van der Waals surface area contributed by atoms with Gasteiger partial charge in [-0.05, 0) is 77.9 Å². The minimum atomic E-state index is -0.188. The summed E-state index contributed by atoms with van der Waals surface area (Å²) in [6, 6.07) is 4.05. The molecule has 162 valence electrons. The van der Waals surface area contributed by atoms with Gasteiger partial charge in [-0.15, -0.1) is 0 Å². The molecule has 1 aromatic heterocycles. The number of benzene rings is 1. The lowest BCUT2D eigenvalue weighted by molar-refractivity contribution is -0.108. The Morgan fingerprint density at radius 2 is 1.80 bits per heavy atom. The van der Waals surface area contributed by atoms with Gasteiger partial charge in [0.15, 0.2) is 5.82 Å². The number of nitrogens with zero attached hydrogens (tertiary/aromatic N) is 4. The number of amides is 1. The molecule has 0 unspecified atom stereocenters. The molecular formula is C23H32N4O3. The van der Waals surface area contributed by atoms with Gasteiger partial charge >= 0.3 is 0 Å². The van der Waals surface area contributed by atoms with Crippen LogP contribution in [0.5, 0.6) is 11.6 Å². The molecule has 1 aliphatic rings. The number of hydrogen-bond acceptors (Lipinski definition) is 6. The fourth-order valence-electron chi connectivity index (χ4n) is 4.04. The molecule has 0 atom stereocenters. The van der Waals surface area contributed by atoms with Crippen molar-refractivity contribution >= 4 is 12.1 Å². The predicted molar refractivity (Wildman–Crippen MR) is 118 cm³/mol. The number of anilines is 1. The van der Waals surface area contributed by atoms with Gasteiger partial charge in [-0.1, -0.05) is 6.07 Å². The van der Waals surface area contributed by atoms with Gasteiger partial charge in [-0.25, -0.2) is 4.98 Å². The molecule has 1 aliphatic carbocycles. The summed E-state index contributed by atoms with van der Waals surface area (Å²) in [7, 11) is 7.31. The first-order valence-corrected chi connectivity index (χ1v) is 10.2. The van der Waals surface area contributed by atoms with Crippen LogP contribution in [0.15, 0.2) is 12.1 Å². The first-order valence-electron chi connectivity index (χ1n) is 10.2. The van der Waals surface area contributed by atoms with E-state index in [9.17, 15) is 4.79 Å². The Morgan fingerprint density at radius 1 is 1.10 bits per heavy atom. The predicted octanol–water partition coefficient (Wildman–Crippen LogP) is 3.53. The number of methoxy groups -OCH3 is 2. The summed E-state index contributed by atoms with van der Waals surface area (Å²) >= 11 is 0. The van der Waals surface area contributed by atoms with Gasteiger partial charge in [-0.2, -0.15) is 4.98 Å². The Labute approximate surface area is 179 Å². The van der Waals surface area contributed by atoms with Gasteiger partial charge < -0.3 is 19.3 Å². The number of aromatic nitrogens is 2. The van der Waals surface area contributed by atoms with Gasteiger partial charge in [-0.3, -0.25) is 4.79 Å². The molecule has 1 fully saturated rings. The molecule has 0 spiro atoms. The van der Waals surface area contributed by atoms with Crippen molar-refractivity contribution in [2.24, 2.45) is 0 Å². The highest BCUT2D eigenvalue weighted by molar-refractivity contribution is 5.83. The number of carbonyl (C=O) groups excluding carboxylic acids is 1. The first kappa shape index (κ1) is 22.0. The molecule has 0 bridgehead atoms. The molecule has 1 amide bonds. The van der Waals surface area contributed by atoms with Gasteiger partial charge in [0.25, 0.3) is 0 Å². The van der Waals surface area contributed by atoms with Crippen LogP contribution in [0, 0.1) is 20.8 Å². The van der Waals surface area contributed by atoms with E-state index in [4.69, 9.17) is 19.4 Å². The summed E-state index contributed by atoms with van der Waals surface area (Å²) in [4.78, 5) is 25.6. The minimum Gasteiger partial charge on any atom is -0.496 e. The quantitative estimate of drug-likeness (QED) is 0.587. The summed E-state index contributed by atoms with van der Waals surface area (Å²) in [5, 5.41) is 0. The molecule has 7 nitrogen and oxygen atoms in total. The van der Waals surface area contributed by atoms with Crippen LogP contribution in [-0.4, -0.2) is 61.7 Å². The van der Waals surface area contributed by atoms with E-state index in [1.54, 1.807) is 19.1 Å². The lowest BCUT2D eigenvalue weighted by atomic mass is 10.0. The minimum absolute atomic E-state index is 0.188. The third kappa shape index (κ3) is 4.12. The van der Waals surface area contributed by atoms with Gasteiger partial charge in [0.1, 0.15) is 11.4 Å². The summed E-state index contributed by atoms with van der Waals surface area (Å²) in [6.07, 6.45) is 3.73. The highest BCUT2D eigenvalue weighted by atomic mass is 16.5. The van der Waals surface area contributed by atoms with E-state index >= 15 is 0 Å². The fraction of sp³-hybridized carbons (Fsp3) is 0.522. The topological polar surface area (TPSA) is 67.8 Å². The summed E-state index contributed by atoms with van der Waals surface area (Å²) in [5.74, 6) is 1.66. The molecule has 2 aromatic rings. The van der Waals surface area contributed by atoms with Gasteiger partial charge in [0.2, 0.25) is 12.3 Å². The van der Waals surface area contributed by atoms with E-state index in [0.717, 1.165) is 54.7 Å². The van der Waals surface area contributed by atoms with E-state index in [2.05, 4.69) is 11.0 Å². The maximum atomic E-state index is 12.2. The van der Waals surface area contributed by atoms with Crippen LogP contribution in [0.1, 0.15) is 36.1 Å². The second kappa shape index (κ2) is 8.60. The highest BCUT2D eigenvalue weighted by Crippen LogP contribution is 2.49. The van der Waals surface area contributed by atoms with Gasteiger partial charge in [0.05, 0.1) is 25.5 Å². The maximum absolute atomic E-state index is 12.2. The Balaban J connectivity index is 2.09. The van der Waals surface area contributed by atoms with Crippen LogP contribution in [0.4, 0.5) is 5.69 Å². The number of hydrogen-bond donors (Lipinski definition) is 0. The van der Waals surface area contributed by atoms with E-state index in [-0.39, 0.29) is 5.54 Å². The molecule has 0 radical (unpaired) electrons. The number of rotatable bonds is 9. The molecule has 1 saturated carbocycles. The molecule has 1 heterocycles. The number of carbonyl (C=O) groups is 1. The standard InChI is InChI=1S/C23H32N4O3/c1-15-12-16(2)19(18(13-15)29-6)21-24-17(3)20(22(25-21)30-7)27(14-28)23(8-9-23)10-11-26(4)5/h12-14H,8-11H2,1-7H3. The summed E-state index contributed by atoms with van der Waals surface area (Å²) in [6.45, 7) is 6.85. The second-order valence-corrected chi connectivity index (χ2v) is 8.40. The maximum Gasteiger partial charge on any atom is 0.241 e. The van der Waals surface area contributed by atoms with E-state index < -0.39 is 0 Å². The van der Waals surface area contributed by atoms with Crippen LogP contribution in [-0.2, 0) is 4.79 Å². The zero-order valence-electron chi connectivity index (χ0n) is 19.1. The van der Waals surface area contributed by atoms with Crippen LogP contribution in [0.2, 0.25) is 0 Å². The summed E-state index contributed by atoms with van der Waals surface area (Å²) < 4.78 is 11.3. The van der Waals surface area contributed by atoms with Crippen LogP contribution in [0.3, 0.4) is 0 Å². The second-order valence-electron chi connectivity index (χ2n) is 8.40. The molecule has 1 aromatic carbocycles. The first-order chi connectivity index (χ1) is 14.3. The molecular weight excluding hydrogens is 380 g/mol. The van der Waals surface area contributed by atoms with Crippen molar-refractivity contribution in [1.29, 1.82) is 0 Å². The molecule has 0 N–H and O–H groups in total. The number of aryl methyl sites for hydroxylation is 3. The third-order valence-corrected chi connectivity index (χ3v) is 5.82.